The second kappa shape index (κ2) is 9.46. The summed E-state index contributed by atoms with van der Waals surface area (Å²) in [5, 5.41) is 3.37. The van der Waals surface area contributed by atoms with Crippen molar-refractivity contribution in [2.45, 2.75) is 46.2 Å². The molecule has 1 amide bonds. The van der Waals surface area contributed by atoms with Gasteiger partial charge in [-0.1, -0.05) is 17.7 Å². The largest absolute Gasteiger partial charge is 0.381 e. The van der Waals surface area contributed by atoms with Gasteiger partial charge in [0, 0.05) is 59.9 Å². The normalized spacial score (nSPS) is 14.6. The summed E-state index contributed by atoms with van der Waals surface area (Å²) >= 11 is 6.38. The van der Waals surface area contributed by atoms with Crippen molar-refractivity contribution in [2.24, 2.45) is 0 Å². The van der Waals surface area contributed by atoms with Gasteiger partial charge in [-0.05, 0) is 57.4 Å². The van der Waals surface area contributed by atoms with Crippen LogP contribution in [0.15, 0.2) is 29.1 Å². The highest BCUT2D eigenvalue weighted by Gasteiger charge is 2.24. The summed E-state index contributed by atoms with van der Waals surface area (Å²) in [7, 11) is 0. The van der Waals surface area contributed by atoms with E-state index in [1.54, 1.807) is 12.1 Å². The summed E-state index contributed by atoms with van der Waals surface area (Å²) in [5.41, 5.74) is 3.50. The topological polar surface area (TPSA) is 74.4 Å². The van der Waals surface area contributed by atoms with Crippen molar-refractivity contribution in [3.05, 3.63) is 62.0 Å². The van der Waals surface area contributed by atoms with Crippen molar-refractivity contribution >= 4 is 23.2 Å². The van der Waals surface area contributed by atoms with Crippen molar-refractivity contribution in [1.29, 1.82) is 0 Å². The van der Waals surface area contributed by atoms with E-state index in [1.165, 1.54) is 0 Å². The van der Waals surface area contributed by atoms with Gasteiger partial charge in [0.15, 0.2) is 0 Å². The molecule has 0 aliphatic carbocycles. The summed E-state index contributed by atoms with van der Waals surface area (Å²) in [4.78, 5) is 30.0. The summed E-state index contributed by atoms with van der Waals surface area (Å²) in [6.07, 6.45) is 1.91. The molecular formula is C22H28ClN3O3. The number of H-pyrrole nitrogens is 1. The lowest BCUT2D eigenvalue weighted by atomic mass is 10.0. The van der Waals surface area contributed by atoms with E-state index in [-0.39, 0.29) is 18.0 Å². The van der Waals surface area contributed by atoms with Gasteiger partial charge < -0.3 is 19.9 Å². The molecule has 1 saturated heterocycles. The van der Waals surface area contributed by atoms with Crippen LogP contribution in [0.5, 0.6) is 0 Å². The molecule has 156 valence electrons. The van der Waals surface area contributed by atoms with Gasteiger partial charge in [-0.15, -0.1) is 0 Å². The molecule has 2 aromatic rings. The van der Waals surface area contributed by atoms with Gasteiger partial charge in [-0.3, -0.25) is 9.59 Å². The molecule has 2 N–H and O–H groups in total. The van der Waals surface area contributed by atoms with E-state index in [9.17, 15) is 9.59 Å². The van der Waals surface area contributed by atoms with Crippen molar-refractivity contribution in [2.75, 3.05) is 24.7 Å². The number of ether oxygens (including phenoxy) is 1. The SMILES string of the molecule is CCN(c1cc(Cl)cc(C(=O)NCc2ccc(C)[nH]c2=O)c1C)C1CCOCC1. The van der Waals surface area contributed by atoms with E-state index >= 15 is 0 Å². The van der Waals surface area contributed by atoms with E-state index in [0.29, 0.717) is 22.2 Å². The number of anilines is 1. The number of aromatic nitrogens is 1. The van der Waals surface area contributed by atoms with Gasteiger partial charge in [0.1, 0.15) is 0 Å². The average molecular weight is 418 g/mol. The van der Waals surface area contributed by atoms with Crippen LogP contribution in [0.2, 0.25) is 5.02 Å². The quantitative estimate of drug-likeness (QED) is 0.753. The molecule has 3 rings (SSSR count). The Labute approximate surface area is 176 Å². The third-order valence-corrected chi connectivity index (χ3v) is 5.67. The lowest BCUT2D eigenvalue weighted by Gasteiger charge is -2.36. The molecule has 6 nitrogen and oxygen atoms in total. The number of carbonyl (C=O) groups excluding carboxylic acids is 1. The zero-order valence-corrected chi connectivity index (χ0v) is 17.9. The molecule has 1 aliphatic heterocycles. The first kappa shape index (κ1) is 21.4. The molecule has 0 unspecified atom stereocenters. The molecule has 0 bridgehead atoms. The molecule has 0 radical (unpaired) electrons. The van der Waals surface area contributed by atoms with Crippen LogP contribution in [0.1, 0.15) is 46.9 Å². The summed E-state index contributed by atoms with van der Waals surface area (Å²) in [6.45, 7) is 8.36. The Hall–Kier alpha value is -2.31. The zero-order valence-electron chi connectivity index (χ0n) is 17.2. The Bertz CT molecular complexity index is 935. The number of halogens is 1. The number of rotatable bonds is 6. The number of hydrogen-bond donors (Lipinski definition) is 2. The maximum Gasteiger partial charge on any atom is 0.253 e. The first-order valence-electron chi connectivity index (χ1n) is 10.0. The number of aryl methyl sites for hydroxylation is 1. The van der Waals surface area contributed by atoms with Gasteiger partial charge in [0.05, 0.1) is 0 Å². The van der Waals surface area contributed by atoms with Crippen LogP contribution < -0.4 is 15.8 Å². The molecule has 29 heavy (non-hydrogen) atoms. The highest BCUT2D eigenvalue weighted by atomic mass is 35.5. The minimum atomic E-state index is -0.241. The molecule has 7 heteroatoms. The van der Waals surface area contributed by atoms with Gasteiger partial charge in [0.25, 0.3) is 11.5 Å². The lowest BCUT2D eigenvalue weighted by molar-refractivity contribution is 0.0846. The average Bonchev–Trinajstić information content (AvgIpc) is 2.70. The number of nitrogens with zero attached hydrogens (tertiary/aromatic N) is 1. The molecule has 0 saturated carbocycles. The predicted octanol–water partition coefficient (Wildman–Crippen LogP) is 3.58. The highest BCUT2D eigenvalue weighted by molar-refractivity contribution is 6.31. The van der Waals surface area contributed by atoms with Crippen molar-refractivity contribution in [1.82, 2.24) is 10.3 Å². The highest BCUT2D eigenvalue weighted by Crippen LogP contribution is 2.31. The Morgan fingerprint density at radius 3 is 2.66 bits per heavy atom. The Balaban J connectivity index is 1.83. The van der Waals surface area contributed by atoms with Crippen LogP contribution >= 0.6 is 11.6 Å². The van der Waals surface area contributed by atoms with Crippen molar-refractivity contribution < 1.29 is 9.53 Å². The van der Waals surface area contributed by atoms with E-state index in [1.807, 2.05) is 26.0 Å². The third kappa shape index (κ3) is 5.00. The molecule has 1 aromatic heterocycles. The molecule has 1 aliphatic rings. The van der Waals surface area contributed by atoms with Crippen LogP contribution in [0.3, 0.4) is 0 Å². The van der Waals surface area contributed by atoms with Gasteiger partial charge in [-0.25, -0.2) is 0 Å². The number of benzene rings is 1. The summed E-state index contributed by atoms with van der Waals surface area (Å²) in [6, 6.07) is 7.53. The zero-order chi connectivity index (χ0) is 21.0. The molecule has 1 fully saturated rings. The van der Waals surface area contributed by atoms with Gasteiger partial charge in [-0.2, -0.15) is 0 Å². The smallest absolute Gasteiger partial charge is 0.253 e. The van der Waals surface area contributed by atoms with Crippen molar-refractivity contribution in [3.8, 4) is 0 Å². The maximum atomic E-state index is 12.9. The molecule has 1 aromatic carbocycles. The number of nitrogens with one attached hydrogen (secondary N) is 2. The number of pyridine rings is 1. The van der Waals surface area contributed by atoms with E-state index in [0.717, 1.165) is 49.5 Å². The van der Waals surface area contributed by atoms with Gasteiger partial charge in [0.2, 0.25) is 0 Å². The minimum Gasteiger partial charge on any atom is -0.381 e. The summed E-state index contributed by atoms with van der Waals surface area (Å²) < 4.78 is 5.49. The molecule has 2 heterocycles. The predicted molar refractivity (Wildman–Crippen MR) is 116 cm³/mol. The van der Waals surface area contributed by atoms with Crippen LogP contribution in [-0.2, 0) is 11.3 Å². The van der Waals surface area contributed by atoms with Crippen LogP contribution in [-0.4, -0.2) is 36.7 Å². The summed E-state index contributed by atoms with van der Waals surface area (Å²) in [5.74, 6) is -0.241. The fourth-order valence-corrected chi connectivity index (χ4v) is 4.05. The monoisotopic (exact) mass is 417 g/mol. The number of aromatic amines is 1. The fourth-order valence-electron chi connectivity index (χ4n) is 3.83. The number of amides is 1. The van der Waals surface area contributed by atoms with Gasteiger partial charge >= 0.3 is 0 Å². The van der Waals surface area contributed by atoms with E-state index < -0.39 is 0 Å². The second-order valence-electron chi connectivity index (χ2n) is 7.41. The second-order valence-corrected chi connectivity index (χ2v) is 7.84. The Kier molecular flexibility index (Phi) is 6.98. The van der Waals surface area contributed by atoms with Crippen molar-refractivity contribution in [3.63, 3.8) is 0 Å². The third-order valence-electron chi connectivity index (χ3n) is 5.45. The first-order chi connectivity index (χ1) is 13.9. The fraction of sp³-hybridized carbons (Fsp3) is 0.455. The minimum absolute atomic E-state index is 0.160. The molecule has 0 atom stereocenters. The Morgan fingerprint density at radius 2 is 2.00 bits per heavy atom. The van der Waals surface area contributed by atoms with Crippen LogP contribution in [0.4, 0.5) is 5.69 Å². The molecule has 0 spiro atoms. The van der Waals surface area contributed by atoms with Crippen LogP contribution in [0, 0.1) is 13.8 Å². The van der Waals surface area contributed by atoms with E-state index in [2.05, 4.69) is 22.1 Å². The lowest BCUT2D eigenvalue weighted by Crippen LogP contribution is -2.40. The number of carbonyl (C=O) groups is 1. The maximum absolute atomic E-state index is 12.9. The first-order valence-corrected chi connectivity index (χ1v) is 10.4. The van der Waals surface area contributed by atoms with E-state index in [4.69, 9.17) is 16.3 Å². The standard InChI is InChI=1S/C22H28ClN3O3/c1-4-26(18-7-9-29-10-8-18)20-12-17(23)11-19(15(20)3)22(28)24-13-16-6-5-14(2)25-21(16)27/h5-6,11-12,18H,4,7-10,13H2,1-3H3,(H,24,28)(H,25,27). The number of hydrogen-bond acceptors (Lipinski definition) is 4. The molecular weight excluding hydrogens is 390 g/mol. The van der Waals surface area contributed by atoms with Crippen LogP contribution in [0.25, 0.3) is 0 Å². The Morgan fingerprint density at radius 1 is 1.28 bits per heavy atom.